The van der Waals surface area contributed by atoms with Crippen LogP contribution >= 0.6 is 11.3 Å². The molecule has 2 heterocycles. The maximum absolute atomic E-state index is 10.6. The monoisotopic (exact) mass is 329 g/mol. The molecule has 1 aliphatic heterocycles. The van der Waals surface area contributed by atoms with Crippen LogP contribution in [-0.2, 0) is 13.0 Å². The average molecular weight is 329 g/mol. The Morgan fingerprint density at radius 2 is 2.00 bits per heavy atom. The third-order valence-corrected chi connectivity index (χ3v) is 5.92. The quantitative estimate of drug-likeness (QED) is 0.937. The summed E-state index contributed by atoms with van der Waals surface area (Å²) in [6.45, 7) is 7.17. The number of rotatable bonds is 3. The van der Waals surface area contributed by atoms with Gasteiger partial charge in [-0.3, -0.25) is 9.80 Å². The van der Waals surface area contributed by atoms with E-state index in [4.69, 9.17) is 0 Å². The van der Waals surface area contributed by atoms with Gasteiger partial charge in [-0.1, -0.05) is 24.3 Å². The largest absolute Gasteiger partial charge is 0.387 e. The van der Waals surface area contributed by atoms with Crippen molar-refractivity contribution >= 4 is 11.3 Å². The van der Waals surface area contributed by atoms with E-state index in [-0.39, 0.29) is 12.1 Å². The molecule has 0 bridgehead atoms. The highest BCUT2D eigenvalue weighted by Gasteiger charge is 2.36. The minimum Gasteiger partial charge on any atom is -0.387 e. The van der Waals surface area contributed by atoms with E-state index >= 15 is 0 Å². The van der Waals surface area contributed by atoms with Crippen LogP contribution in [0.4, 0.5) is 0 Å². The molecule has 0 radical (unpaired) electrons. The highest BCUT2D eigenvalue weighted by molar-refractivity contribution is 7.09. The maximum Gasteiger partial charge on any atom is 0.0951 e. The van der Waals surface area contributed by atoms with Gasteiger partial charge in [0.25, 0.3) is 0 Å². The number of aryl methyl sites for hydroxylation is 1. The van der Waals surface area contributed by atoms with Gasteiger partial charge in [-0.25, -0.2) is 4.98 Å². The van der Waals surface area contributed by atoms with E-state index in [0.717, 1.165) is 49.7 Å². The van der Waals surface area contributed by atoms with Crippen molar-refractivity contribution in [3.8, 4) is 0 Å². The lowest BCUT2D eigenvalue weighted by Gasteiger charge is -2.38. The number of hydrogen-bond acceptors (Lipinski definition) is 5. The van der Waals surface area contributed by atoms with Crippen molar-refractivity contribution in [2.45, 2.75) is 32.0 Å². The van der Waals surface area contributed by atoms with Gasteiger partial charge in [-0.05, 0) is 24.5 Å². The summed E-state index contributed by atoms with van der Waals surface area (Å²) in [5.74, 6) is 0. The molecular formula is C18H23N3OS. The van der Waals surface area contributed by atoms with E-state index in [2.05, 4.69) is 45.3 Å². The molecule has 1 aliphatic carbocycles. The van der Waals surface area contributed by atoms with Crippen LogP contribution in [0.3, 0.4) is 0 Å². The van der Waals surface area contributed by atoms with Gasteiger partial charge in [0.1, 0.15) is 0 Å². The highest BCUT2D eigenvalue weighted by atomic mass is 32.1. The molecule has 1 aromatic carbocycles. The topological polar surface area (TPSA) is 39.6 Å². The fraction of sp³-hybridized carbons (Fsp3) is 0.500. The number of aromatic nitrogens is 1. The maximum atomic E-state index is 10.6. The second-order valence-corrected chi connectivity index (χ2v) is 7.65. The van der Waals surface area contributed by atoms with E-state index in [1.165, 1.54) is 11.3 Å². The van der Waals surface area contributed by atoms with E-state index in [1.807, 2.05) is 6.07 Å². The van der Waals surface area contributed by atoms with Gasteiger partial charge in [0, 0.05) is 44.1 Å². The molecule has 1 N–H and O–H groups in total. The molecule has 0 saturated carbocycles. The van der Waals surface area contributed by atoms with Crippen LogP contribution in [0.1, 0.15) is 27.9 Å². The van der Waals surface area contributed by atoms with Crippen molar-refractivity contribution in [1.82, 2.24) is 14.8 Å². The molecule has 1 saturated heterocycles. The summed E-state index contributed by atoms with van der Waals surface area (Å²) in [6.07, 6.45) is 0.641. The predicted molar refractivity (Wildman–Crippen MR) is 92.6 cm³/mol. The molecule has 5 heteroatoms. The average Bonchev–Trinajstić information content (AvgIpc) is 3.12. The summed E-state index contributed by atoms with van der Waals surface area (Å²) in [5, 5.41) is 13.9. The first-order chi connectivity index (χ1) is 11.2. The van der Waals surface area contributed by atoms with Crippen LogP contribution in [0.25, 0.3) is 0 Å². The third kappa shape index (κ3) is 3.06. The molecule has 4 rings (SSSR count). The van der Waals surface area contributed by atoms with E-state index < -0.39 is 0 Å². The second-order valence-electron chi connectivity index (χ2n) is 6.59. The normalized spacial score (nSPS) is 25.7. The van der Waals surface area contributed by atoms with Gasteiger partial charge in [-0.2, -0.15) is 0 Å². The molecule has 2 atom stereocenters. The zero-order valence-electron chi connectivity index (χ0n) is 13.5. The summed E-state index contributed by atoms with van der Waals surface area (Å²) in [5.41, 5.74) is 3.62. The number of nitrogens with zero attached hydrogens (tertiary/aromatic N) is 3. The molecule has 2 unspecified atom stereocenters. The third-order valence-electron chi connectivity index (χ3n) is 5.10. The van der Waals surface area contributed by atoms with Crippen LogP contribution < -0.4 is 0 Å². The molecule has 122 valence electrons. The number of aliphatic hydroxyl groups is 1. The van der Waals surface area contributed by atoms with Crippen LogP contribution in [0, 0.1) is 6.92 Å². The summed E-state index contributed by atoms with van der Waals surface area (Å²) < 4.78 is 0. The number of piperazine rings is 1. The standard InChI is InChI=1S/C18H23N3OS/c1-13-19-15(12-23-13)11-20-6-8-21(9-7-20)17-10-14-4-2-3-5-16(14)18(17)22/h2-5,12,17-18,22H,6-11H2,1H3. The highest BCUT2D eigenvalue weighted by Crippen LogP contribution is 2.34. The SMILES string of the molecule is Cc1nc(CN2CCN(C3Cc4ccccc4C3O)CC2)cs1. The fourth-order valence-electron chi connectivity index (χ4n) is 3.84. The first-order valence-electron chi connectivity index (χ1n) is 8.34. The predicted octanol–water partition coefficient (Wildman–Crippen LogP) is 2.23. The number of thiazole rings is 1. The summed E-state index contributed by atoms with van der Waals surface area (Å²) in [7, 11) is 0. The fourth-order valence-corrected chi connectivity index (χ4v) is 4.45. The van der Waals surface area contributed by atoms with Crippen molar-refractivity contribution in [3.63, 3.8) is 0 Å². The molecule has 2 aromatic rings. The summed E-state index contributed by atoms with van der Waals surface area (Å²) >= 11 is 1.73. The van der Waals surface area contributed by atoms with Gasteiger partial charge in [0.2, 0.25) is 0 Å². The minimum absolute atomic E-state index is 0.246. The summed E-state index contributed by atoms with van der Waals surface area (Å²) in [6, 6.07) is 8.57. The molecule has 0 amide bonds. The Bertz CT molecular complexity index is 678. The van der Waals surface area contributed by atoms with Crippen LogP contribution in [0.5, 0.6) is 0 Å². The number of hydrogen-bond donors (Lipinski definition) is 1. The molecule has 1 fully saturated rings. The molecule has 4 nitrogen and oxygen atoms in total. The van der Waals surface area contributed by atoms with E-state index in [9.17, 15) is 5.11 Å². The van der Waals surface area contributed by atoms with Crippen LogP contribution in [-0.4, -0.2) is 52.1 Å². The van der Waals surface area contributed by atoms with Crippen molar-refractivity contribution in [1.29, 1.82) is 0 Å². The first kappa shape index (κ1) is 15.3. The molecular weight excluding hydrogens is 306 g/mol. The van der Waals surface area contributed by atoms with Gasteiger partial charge < -0.3 is 5.11 Å². The van der Waals surface area contributed by atoms with Crippen molar-refractivity contribution in [2.75, 3.05) is 26.2 Å². The number of benzene rings is 1. The minimum atomic E-state index is -0.334. The lowest BCUT2D eigenvalue weighted by molar-refractivity contribution is 0.0256. The zero-order chi connectivity index (χ0) is 15.8. The van der Waals surface area contributed by atoms with Gasteiger partial charge in [0.15, 0.2) is 0 Å². The van der Waals surface area contributed by atoms with Crippen LogP contribution in [0.15, 0.2) is 29.6 Å². The summed E-state index contributed by atoms with van der Waals surface area (Å²) in [4.78, 5) is 9.50. The van der Waals surface area contributed by atoms with E-state index in [1.54, 1.807) is 11.3 Å². The lowest BCUT2D eigenvalue weighted by atomic mass is 10.1. The van der Waals surface area contributed by atoms with Crippen molar-refractivity contribution in [2.24, 2.45) is 0 Å². The Labute approximate surface area is 141 Å². The van der Waals surface area contributed by atoms with Crippen LogP contribution in [0.2, 0.25) is 0 Å². The Kier molecular flexibility index (Phi) is 4.20. The Balaban J connectivity index is 1.35. The Hall–Kier alpha value is -1.27. The number of fused-ring (bicyclic) bond motifs is 1. The van der Waals surface area contributed by atoms with Crippen molar-refractivity contribution in [3.05, 3.63) is 51.5 Å². The molecule has 0 spiro atoms. The zero-order valence-corrected chi connectivity index (χ0v) is 14.3. The number of aliphatic hydroxyl groups excluding tert-OH is 1. The lowest BCUT2D eigenvalue weighted by Crippen LogP contribution is -2.51. The van der Waals surface area contributed by atoms with Crippen molar-refractivity contribution < 1.29 is 5.11 Å². The first-order valence-corrected chi connectivity index (χ1v) is 9.22. The Morgan fingerprint density at radius 3 is 2.70 bits per heavy atom. The van der Waals surface area contributed by atoms with E-state index in [0.29, 0.717) is 0 Å². The second kappa shape index (κ2) is 6.32. The smallest absolute Gasteiger partial charge is 0.0951 e. The van der Waals surface area contributed by atoms with Gasteiger partial charge in [0.05, 0.1) is 16.8 Å². The van der Waals surface area contributed by atoms with Gasteiger partial charge in [-0.15, -0.1) is 11.3 Å². The molecule has 1 aromatic heterocycles. The molecule has 23 heavy (non-hydrogen) atoms. The van der Waals surface area contributed by atoms with Gasteiger partial charge >= 0.3 is 0 Å². The molecule has 2 aliphatic rings. The Morgan fingerprint density at radius 1 is 1.22 bits per heavy atom.